The van der Waals surface area contributed by atoms with Crippen LogP contribution < -0.4 is 16.0 Å². The number of benzene rings is 6. The zero-order chi connectivity index (χ0) is 33.5. The highest BCUT2D eigenvalue weighted by molar-refractivity contribution is 8.00. The van der Waals surface area contributed by atoms with Gasteiger partial charge in [-0.1, -0.05) is 127 Å². The smallest absolute Gasteiger partial charge is 0.143 e. The van der Waals surface area contributed by atoms with Crippen LogP contribution in [0.4, 0.5) is 0 Å². The van der Waals surface area contributed by atoms with Crippen LogP contribution in [0.25, 0.3) is 47.7 Å². The number of fused-ring (bicyclic) bond motifs is 9. The van der Waals surface area contributed by atoms with Gasteiger partial charge >= 0.3 is 0 Å². The zero-order valence-corrected chi connectivity index (χ0v) is 29.2. The summed E-state index contributed by atoms with van der Waals surface area (Å²) < 4.78 is 9.09. The molecule has 51 heavy (non-hydrogen) atoms. The molecule has 6 heteroatoms. The molecule has 4 heterocycles. The maximum absolute atomic E-state index is 6.45. The topological polar surface area (TPSA) is 49.2 Å². The third-order valence-corrected chi connectivity index (χ3v) is 13.2. The van der Waals surface area contributed by atoms with E-state index in [0.717, 1.165) is 22.1 Å². The molecule has 1 saturated heterocycles. The summed E-state index contributed by atoms with van der Waals surface area (Å²) in [5.41, 5.74) is 9.36. The Morgan fingerprint density at radius 2 is 1.25 bits per heavy atom. The summed E-state index contributed by atoms with van der Waals surface area (Å²) in [6, 6.07) is 48.3. The largest absolute Gasteiger partial charge is 0.455 e. The van der Waals surface area contributed by atoms with Crippen LogP contribution in [0, 0.1) is 0 Å². The van der Waals surface area contributed by atoms with E-state index in [1.54, 1.807) is 0 Å². The van der Waals surface area contributed by atoms with Gasteiger partial charge in [0.05, 0.1) is 18.5 Å². The van der Waals surface area contributed by atoms with Gasteiger partial charge in [-0.15, -0.1) is 23.1 Å². The summed E-state index contributed by atoms with van der Waals surface area (Å²) >= 11 is 3.84. The lowest BCUT2D eigenvalue weighted by Gasteiger charge is -2.40. The van der Waals surface area contributed by atoms with E-state index >= 15 is 0 Å². The fourth-order valence-corrected chi connectivity index (χ4v) is 10.7. The second kappa shape index (κ2) is 11.8. The normalized spacial score (nSPS) is 22.8. The summed E-state index contributed by atoms with van der Waals surface area (Å²) in [6.45, 7) is 0. The second-order valence-corrected chi connectivity index (χ2v) is 16.0. The molecule has 1 fully saturated rings. The van der Waals surface area contributed by atoms with Gasteiger partial charge < -0.3 is 4.42 Å². The lowest BCUT2D eigenvalue weighted by atomic mass is 9.86. The van der Waals surface area contributed by atoms with Crippen molar-refractivity contribution in [2.24, 2.45) is 0 Å². The highest BCUT2D eigenvalue weighted by Gasteiger charge is 2.35. The molecule has 246 valence electrons. The summed E-state index contributed by atoms with van der Waals surface area (Å²) in [5.74, 6) is 0.280. The molecule has 11 rings (SSSR count). The zero-order valence-electron chi connectivity index (χ0n) is 27.5. The number of hydrogen-bond acceptors (Lipinski definition) is 6. The van der Waals surface area contributed by atoms with Gasteiger partial charge in [-0.2, -0.15) is 0 Å². The van der Waals surface area contributed by atoms with Crippen molar-refractivity contribution in [1.29, 1.82) is 0 Å². The highest BCUT2D eigenvalue weighted by Crippen LogP contribution is 2.51. The van der Waals surface area contributed by atoms with Gasteiger partial charge in [-0.3, -0.25) is 16.0 Å². The van der Waals surface area contributed by atoms with Crippen molar-refractivity contribution in [3.8, 4) is 0 Å². The SMILES string of the molecule is C1=CC2Sc3ccc(C4NC(c5ccccc5)NC(c5ccc6c(c5)sc5ccccc56)N4)cc3C2C=C1c1cccc2c1oc1ccccc12. The van der Waals surface area contributed by atoms with Crippen molar-refractivity contribution < 1.29 is 4.42 Å². The number of hydrogen-bond donors (Lipinski definition) is 3. The minimum atomic E-state index is -0.0548. The Kier molecular flexibility index (Phi) is 6.89. The predicted molar refractivity (Wildman–Crippen MR) is 213 cm³/mol. The van der Waals surface area contributed by atoms with E-state index in [1.165, 1.54) is 58.3 Å². The van der Waals surface area contributed by atoms with Gasteiger partial charge in [0.25, 0.3) is 0 Å². The number of rotatable bonds is 4. The van der Waals surface area contributed by atoms with E-state index in [2.05, 4.69) is 162 Å². The molecular formula is C45H33N3OS2. The molecule has 1 aliphatic carbocycles. The maximum Gasteiger partial charge on any atom is 0.143 e. The van der Waals surface area contributed by atoms with Gasteiger partial charge in [0.2, 0.25) is 0 Å². The lowest BCUT2D eigenvalue weighted by molar-refractivity contribution is 0.203. The van der Waals surface area contributed by atoms with Crippen LogP contribution in [0.2, 0.25) is 0 Å². The molecule has 0 spiro atoms. The molecular weight excluding hydrogens is 663 g/mol. The first kappa shape index (κ1) is 29.7. The number of thiophene rings is 1. The van der Waals surface area contributed by atoms with E-state index in [1.807, 2.05) is 29.2 Å². The minimum absolute atomic E-state index is 0.0238. The molecule has 0 amide bonds. The summed E-state index contributed by atoms with van der Waals surface area (Å²) in [7, 11) is 0. The monoisotopic (exact) mass is 695 g/mol. The minimum Gasteiger partial charge on any atom is -0.455 e. The van der Waals surface area contributed by atoms with E-state index < -0.39 is 0 Å². The quantitative estimate of drug-likeness (QED) is 0.171. The Bertz CT molecular complexity index is 2710. The van der Waals surface area contributed by atoms with Gasteiger partial charge in [-0.05, 0) is 52.1 Å². The summed E-state index contributed by atoms with van der Waals surface area (Å²) in [6.07, 6.45) is 7.03. The number of thioether (sulfide) groups is 1. The molecule has 3 N–H and O–H groups in total. The average Bonchev–Trinajstić information content (AvgIpc) is 3.88. The van der Waals surface area contributed by atoms with Gasteiger partial charge in [0.1, 0.15) is 11.2 Å². The number of nitrogens with one attached hydrogen (secondary N) is 3. The third-order valence-electron chi connectivity index (χ3n) is 10.8. The van der Waals surface area contributed by atoms with Crippen molar-refractivity contribution in [2.75, 3.05) is 0 Å². The Morgan fingerprint density at radius 1 is 0.549 bits per heavy atom. The lowest BCUT2D eigenvalue weighted by Crippen LogP contribution is -2.54. The highest BCUT2D eigenvalue weighted by atomic mass is 32.2. The van der Waals surface area contributed by atoms with E-state index in [-0.39, 0.29) is 24.4 Å². The van der Waals surface area contributed by atoms with Crippen LogP contribution in [-0.4, -0.2) is 5.25 Å². The number of para-hydroxylation sites is 2. The van der Waals surface area contributed by atoms with Crippen LogP contribution in [-0.2, 0) is 0 Å². The first-order valence-electron chi connectivity index (χ1n) is 17.6. The molecule has 6 aromatic carbocycles. The van der Waals surface area contributed by atoms with Gasteiger partial charge in [-0.25, -0.2) is 0 Å². The number of furan rings is 1. The van der Waals surface area contributed by atoms with Crippen LogP contribution in [0.1, 0.15) is 52.2 Å². The Labute approximate surface area is 303 Å². The Hall–Kier alpha value is -4.95. The molecule has 8 aromatic rings. The molecule has 2 aliphatic heterocycles. The molecule has 0 bridgehead atoms. The summed E-state index contributed by atoms with van der Waals surface area (Å²) in [4.78, 5) is 1.36. The van der Waals surface area contributed by atoms with Crippen LogP contribution in [0.15, 0.2) is 161 Å². The molecule has 0 radical (unpaired) electrons. The first-order chi connectivity index (χ1) is 25.2. The van der Waals surface area contributed by atoms with E-state index in [4.69, 9.17) is 4.42 Å². The molecule has 5 unspecified atom stereocenters. The standard InChI is InChI=1S/C45H33N3OS2/c1-2-9-26(10-3-1)43-46-44(48-45(47-43)29-17-20-33-32-12-5-7-16-38(32)51-41(33)25-29)28-19-22-40-36(24-28)35-23-27(18-21-39(35)50-40)30-13-8-14-34-31-11-4-6-15-37(31)49-42(30)34/h1-25,35,39,43-48H. The molecule has 2 aromatic heterocycles. The van der Waals surface area contributed by atoms with Crippen LogP contribution in [0.5, 0.6) is 0 Å². The van der Waals surface area contributed by atoms with Gasteiger partial charge in [0, 0.05) is 52.6 Å². The first-order valence-corrected chi connectivity index (χ1v) is 19.3. The van der Waals surface area contributed by atoms with E-state index in [0.29, 0.717) is 5.25 Å². The molecule has 5 atom stereocenters. The van der Waals surface area contributed by atoms with E-state index in [9.17, 15) is 0 Å². The van der Waals surface area contributed by atoms with Crippen LogP contribution >= 0.6 is 23.1 Å². The van der Waals surface area contributed by atoms with Crippen molar-refractivity contribution in [1.82, 2.24) is 16.0 Å². The Morgan fingerprint density at radius 3 is 2.14 bits per heavy atom. The molecule has 0 saturated carbocycles. The average molecular weight is 696 g/mol. The Balaban J connectivity index is 0.956. The third kappa shape index (κ3) is 4.94. The van der Waals surface area contributed by atoms with Crippen molar-refractivity contribution in [3.63, 3.8) is 0 Å². The van der Waals surface area contributed by atoms with Crippen molar-refractivity contribution in [3.05, 3.63) is 180 Å². The van der Waals surface area contributed by atoms with Crippen molar-refractivity contribution >= 4 is 70.8 Å². The molecule has 3 aliphatic rings. The molecule has 4 nitrogen and oxygen atoms in total. The predicted octanol–water partition coefficient (Wildman–Crippen LogP) is 11.3. The van der Waals surface area contributed by atoms with Crippen LogP contribution in [0.3, 0.4) is 0 Å². The fourth-order valence-electron chi connectivity index (χ4n) is 8.25. The van der Waals surface area contributed by atoms with Gasteiger partial charge in [0.15, 0.2) is 0 Å². The van der Waals surface area contributed by atoms with Crippen molar-refractivity contribution in [2.45, 2.75) is 34.6 Å². The number of allylic oxidation sites excluding steroid dienone is 3. The second-order valence-electron chi connectivity index (χ2n) is 13.7. The fraction of sp³-hybridized carbons (Fsp3) is 0.111. The maximum atomic E-state index is 6.45. The summed E-state index contributed by atoms with van der Waals surface area (Å²) in [5, 5.41) is 17.1.